The molecule has 1 aromatic carbocycles. The molecule has 1 N–H and O–H groups in total. The van der Waals surface area contributed by atoms with Crippen LogP contribution in [-0.4, -0.2) is 13.2 Å². The van der Waals surface area contributed by atoms with Gasteiger partial charge in [0, 0.05) is 17.8 Å². The van der Waals surface area contributed by atoms with E-state index in [2.05, 4.69) is 12.2 Å². The molecule has 17 heavy (non-hydrogen) atoms. The van der Waals surface area contributed by atoms with Gasteiger partial charge >= 0.3 is 0 Å². The van der Waals surface area contributed by atoms with E-state index in [1.807, 2.05) is 18.2 Å². The van der Waals surface area contributed by atoms with Crippen molar-refractivity contribution in [2.75, 3.05) is 12.4 Å². The third-order valence-corrected chi connectivity index (χ3v) is 3.79. The standard InChI is InChI=1S/C14H20ClNO/c1-10(8-11-4-3-5-11)16-12-6-7-13(15)14(9-12)17-2/h6-7,9-11,16H,3-5,8H2,1-2H3. The third-order valence-electron chi connectivity index (χ3n) is 3.48. The van der Waals surface area contributed by atoms with Crippen LogP contribution in [0.4, 0.5) is 5.69 Å². The molecule has 0 heterocycles. The van der Waals surface area contributed by atoms with E-state index in [4.69, 9.17) is 16.3 Å². The molecule has 0 aliphatic heterocycles. The highest BCUT2D eigenvalue weighted by molar-refractivity contribution is 6.32. The smallest absolute Gasteiger partial charge is 0.139 e. The first-order valence-corrected chi connectivity index (χ1v) is 6.67. The van der Waals surface area contributed by atoms with Crippen LogP contribution in [0.1, 0.15) is 32.6 Å². The van der Waals surface area contributed by atoms with Crippen LogP contribution in [-0.2, 0) is 0 Å². The van der Waals surface area contributed by atoms with E-state index < -0.39 is 0 Å². The molecule has 0 aromatic heterocycles. The van der Waals surface area contributed by atoms with E-state index in [-0.39, 0.29) is 0 Å². The fourth-order valence-corrected chi connectivity index (χ4v) is 2.52. The van der Waals surface area contributed by atoms with Gasteiger partial charge in [0.2, 0.25) is 0 Å². The van der Waals surface area contributed by atoms with Crippen molar-refractivity contribution in [2.45, 2.75) is 38.6 Å². The minimum absolute atomic E-state index is 0.506. The molecule has 1 saturated carbocycles. The lowest BCUT2D eigenvalue weighted by Gasteiger charge is -2.29. The molecule has 1 fully saturated rings. The predicted octanol–water partition coefficient (Wildman–Crippen LogP) is 4.34. The van der Waals surface area contributed by atoms with E-state index >= 15 is 0 Å². The zero-order chi connectivity index (χ0) is 12.3. The number of hydrogen-bond donors (Lipinski definition) is 1. The molecule has 0 bridgehead atoms. The Kier molecular flexibility index (Phi) is 4.16. The summed E-state index contributed by atoms with van der Waals surface area (Å²) in [6, 6.07) is 6.34. The van der Waals surface area contributed by atoms with Crippen LogP contribution in [0.2, 0.25) is 5.02 Å². The highest BCUT2D eigenvalue weighted by Gasteiger charge is 2.19. The number of nitrogens with one attached hydrogen (secondary N) is 1. The summed E-state index contributed by atoms with van der Waals surface area (Å²) in [5.74, 6) is 1.65. The molecule has 0 spiro atoms. The average Bonchev–Trinajstić information content (AvgIpc) is 2.26. The first-order valence-electron chi connectivity index (χ1n) is 6.29. The van der Waals surface area contributed by atoms with Crippen molar-refractivity contribution in [2.24, 2.45) is 5.92 Å². The van der Waals surface area contributed by atoms with Crippen molar-refractivity contribution in [3.63, 3.8) is 0 Å². The average molecular weight is 254 g/mol. The largest absolute Gasteiger partial charge is 0.495 e. The van der Waals surface area contributed by atoms with Crippen molar-refractivity contribution in [3.05, 3.63) is 23.2 Å². The van der Waals surface area contributed by atoms with Gasteiger partial charge in [0.05, 0.1) is 12.1 Å². The number of hydrogen-bond acceptors (Lipinski definition) is 2. The molecular weight excluding hydrogens is 234 g/mol. The first kappa shape index (κ1) is 12.6. The Balaban J connectivity index is 1.92. The fourth-order valence-electron chi connectivity index (χ4n) is 2.32. The van der Waals surface area contributed by atoms with E-state index in [1.54, 1.807) is 7.11 Å². The van der Waals surface area contributed by atoms with Crippen LogP contribution in [0, 0.1) is 5.92 Å². The lowest BCUT2D eigenvalue weighted by atomic mass is 9.81. The van der Waals surface area contributed by atoms with Crippen LogP contribution < -0.4 is 10.1 Å². The second-order valence-corrected chi connectivity index (χ2v) is 5.33. The molecule has 2 nitrogen and oxygen atoms in total. The summed E-state index contributed by atoms with van der Waals surface area (Å²) < 4.78 is 5.21. The SMILES string of the molecule is COc1cc(NC(C)CC2CCC2)ccc1Cl. The molecule has 0 radical (unpaired) electrons. The Bertz CT molecular complexity index is 376. The molecule has 94 valence electrons. The summed E-state index contributed by atoms with van der Waals surface area (Å²) in [4.78, 5) is 0. The number of rotatable bonds is 5. The lowest BCUT2D eigenvalue weighted by molar-refractivity contribution is 0.286. The summed E-state index contributed by atoms with van der Waals surface area (Å²) >= 11 is 6.00. The van der Waals surface area contributed by atoms with Crippen LogP contribution in [0.25, 0.3) is 0 Å². The first-order chi connectivity index (χ1) is 8.19. The van der Waals surface area contributed by atoms with E-state index in [9.17, 15) is 0 Å². The number of methoxy groups -OCH3 is 1. The zero-order valence-electron chi connectivity index (χ0n) is 10.5. The highest BCUT2D eigenvalue weighted by Crippen LogP contribution is 2.32. The molecule has 1 unspecified atom stereocenters. The Labute approximate surface area is 108 Å². The summed E-state index contributed by atoms with van der Waals surface area (Å²) in [5.41, 5.74) is 1.08. The van der Waals surface area contributed by atoms with Gasteiger partial charge in [0.1, 0.15) is 5.75 Å². The number of anilines is 1. The fraction of sp³-hybridized carbons (Fsp3) is 0.571. The van der Waals surface area contributed by atoms with Crippen LogP contribution in [0.3, 0.4) is 0 Å². The maximum Gasteiger partial charge on any atom is 0.139 e. The monoisotopic (exact) mass is 253 g/mol. The molecule has 2 rings (SSSR count). The topological polar surface area (TPSA) is 21.3 Å². The molecule has 1 aliphatic carbocycles. The molecule has 0 amide bonds. The van der Waals surface area contributed by atoms with Gasteiger partial charge in [-0.15, -0.1) is 0 Å². The van der Waals surface area contributed by atoms with Gasteiger partial charge in [0.25, 0.3) is 0 Å². The summed E-state index contributed by atoms with van der Waals surface area (Å²) in [7, 11) is 1.64. The van der Waals surface area contributed by atoms with Crippen LogP contribution in [0.15, 0.2) is 18.2 Å². The van der Waals surface area contributed by atoms with E-state index in [1.165, 1.54) is 25.7 Å². The van der Waals surface area contributed by atoms with Gasteiger partial charge in [-0.05, 0) is 31.4 Å². The normalized spacial score (nSPS) is 17.4. The lowest BCUT2D eigenvalue weighted by Crippen LogP contribution is -2.23. The zero-order valence-corrected chi connectivity index (χ0v) is 11.3. The molecule has 1 atom stereocenters. The van der Waals surface area contributed by atoms with Gasteiger partial charge in [-0.3, -0.25) is 0 Å². The minimum atomic E-state index is 0.506. The summed E-state index contributed by atoms with van der Waals surface area (Å²) in [6.07, 6.45) is 5.46. The highest BCUT2D eigenvalue weighted by atomic mass is 35.5. The second kappa shape index (κ2) is 5.63. The quantitative estimate of drug-likeness (QED) is 0.843. The van der Waals surface area contributed by atoms with Gasteiger partial charge in [0.15, 0.2) is 0 Å². The third kappa shape index (κ3) is 3.29. The van der Waals surface area contributed by atoms with Gasteiger partial charge in [-0.2, -0.15) is 0 Å². The molecule has 1 aromatic rings. The summed E-state index contributed by atoms with van der Waals surface area (Å²) in [6.45, 7) is 2.24. The minimum Gasteiger partial charge on any atom is -0.495 e. The summed E-state index contributed by atoms with van der Waals surface area (Å²) in [5, 5.41) is 4.16. The maximum absolute atomic E-state index is 6.00. The molecule has 3 heteroatoms. The molecule has 0 saturated heterocycles. The maximum atomic E-state index is 6.00. The predicted molar refractivity (Wildman–Crippen MR) is 73.0 cm³/mol. The van der Waals surface area contributed by atoms with Gasteiger partial charge in [-0.1, -0.05) is 30.9 Å². The van der Waals surface area contributed by atoms with Crippen molar-refractivity contribution in [1.82, 2.24) is 0 Å². The van der Waals surface area contributed by atoms with Crippen molar-refractivity contribution in [1.29, 1.82) is 0 Å². The number of ether oxygens (including phenoxy) is 1. The molecule has 1 aliphatic rings. The van der Waals surface area contributed by atoms with Crippen molar-refractivity contribution < 1.29 is 4.74 Å². The Hall–Kier alpha value is -0.890. The Morgan fingerprint density at radius 2 is 2.24 bits per heavy atom. The Morgan fingerprint density at radius 3 is 2.82 bits per heavy atom. The second-order valence-electron chi connectivity index (χ2n) is 4.93. The van der Waals surface area contributed by atoms with Gasteiger partial charge in [-0.25, -0.2) is 0 Å². The van der Waals surface area contributed by atoms with Crippen LogP contribution >= 0.6 is 11.6 Å². The van der Waals surface area contributed by atoms with Crippen molar-refractivity contribution >= 4 is 17.3 Å². The van der Waals surface area contributed by atoms with E-state index in [0.717, 1.165) is 17.4 Å². The number of benzene rings is 1. The van der Waals surface area contributed by atoms with Crippen molar-refractivity contribution in [3.8, 4) is 5.75 Å². The Morgan fingerprint density at radius 1 is 1.47 bits per heavy atom. The van der Waals surface area contributed by atoms with Crippen LogP contribution in [0.5, 0.6) is 5.75 Å². The van der Waals surface area contributed by atoms with E-state index in [0.29, 0.717) is 11.1 Å². The number of halogens is 1. The van der Waals surface area contributed by atoms with Gasteiger partial charge < -0.3 is 10.1 Å². The molecular formula is C14H20ClNO.